The summed E-state index contributed by atoms with van der Waals surface area (Å²) in [5.74, 6) is 0.253. The normalized spacial score (nSPS) is 13.1. The maximum absolute atomic E-state index is 15.5. The second kappa shape index (κ2) is 7.47. The van der Waals surface area contributed by atoms with Crippen LogP contribution in [0.3, 0.4) is 0 Å². The number of hydrogen-bond donors (Lipinski definition) is 2. The molecule has 2 N–H and O–H groups in total. The summed E-state index contributed by atoms with van der Waals surface area (Å²) in [4.78, 5) is 3.42. The van der Waals surface area contributed by atoms with Gasteiger partial charge in [-0.15, -0.1) is 0 Å². The summed E-state index contributed by atoms with van der Waals surface area (Å²) in [7, 11) is 1.52. The minimum absolute atomic E-state index is 0.161. The summed E-state index contributed by atoms with van der Waals surface area (Å²) in [6, 6.07) is 25.7. The molecule has 4 heteroatoms. The second-order valence-electron chi connectivity index (χ2n) is 7.06. The quantitative estimate of drug-likeness (QED) is 0.441. The van der Waals surface area contributed by atoms with Gasteiger partial charge in [0.15, 0.2) is 0 Å². The van der Waals surface area contributed by atoms with Crippen molar-refractivity contribution in [3.05, 3.63) is 119 Å². The van der Waals surface area contributed by atoms with E-state index in [-0.39, 0.29) is 11.6 Å². The van der Waals surface area contributed by atoms with Crippen LogP contribution in [0.15, 0.2) is 84.9 Å². The minimum atomic E-state index is -0.931. The molecule has 0 amide bonds. The summed E-state index contributed by atoms with van der Waals surface area (Å²) < 4.78 is 20.8. The largest absolute Gasteiger partial charge is 0.508 e. The highest BCUT2D eigenvalue weighted by Gasteiger charge is 2.41. The SMILES string of the molecule is COc1ccc(C(c2ccccc2)(c2ccc(O)cc2)c2ccc(C)[nH]2)c(F)c1. The molecule has 1 atom stereocenters. The molecule has 0 fully saturated rings. The Morgan fingerprint density at radius 1 is 0.862 bits per heavy atom. The predicted molar refractivity (Wildman–Crippen MR) is 112 cm³/mol. The van der Waals surface area contributed by atoms with Crippen molar-refractivity contribution < 1.29 is 14.2 Å². The first-order valence-corrected chi connectivity index (χ1v) is 9.41. The van der Waals surface area contributed by atoms with Gasteiger partial charge in [-0.2, -0.15) is 0 Å². The maximum atomic E-state index is 15.5. The number of hydrogen-bond acceptors (Lipinski definition) is 2. The Balaban J connectivity index is 2.13. The van der Waals surface area contributed by atoms with Crippen LogP contribution in [0.25, 0.3) is 0 Å². The maximum Gasteiger partial charge on any atom is 0.131 e. The van der Waals surface area contributed by atoms with Gasteiger partial charge in [0.2, 0.25) is 0 Å². The smallest absolute Gasteiger partial charge is 0.131 e. The molecule has 4 rings (SSSR count). The molecule has 0 aliphatic rings. The molecule has 29 heavy (non-hydrogen) atoms. The third kappa shape index (κ3) is 3.17. The highest BCUT2D eigenvalue weighted by Crippen LogP contribution is 2.46. The van der Waals surface area contributed by atoms with Gasteiger partial charge in [-0.25, -0.2) is 4.39 Å². The number of aromatic amines is 1. The van der Waals surface area contributed by atoms with E-state index in [1.165, 1.54) is 13.2 Å². The first-order valence-electron chi connectivity index (χ1n) is 9.41. The number of halogens is 1. The van der Waals surface area contributed by atoms with Crippen LogP contribution in [0.1, 0.15) is 28.1 Å². The van der Waals surface area contributed by atoms with Gasteiger partial charge in [-0.3, -0.25) is 0 Å². The van der Waals surface area contributed by atoms with Gasteiger partial charge in [0.05, 0.1) is 12.5 Å². The fourth-order valence-corrected chi connectivity index (χ4v) is 3.98. The zero-order chi connectivity index (χ0) is 20.4. The van der Waals surface area contributed by atoms with Gasteiger partial charge in [-0.1, -0.05) is 48.5 Å². The summed E-state index contributed by atoms with van der Waals surface area (Å²) in [6.07, 6.45) is 0. The van der Waals surface area contributed by atoms with Crippen molar-refractivity contribution >= 4 is 0 Å². The number of nitrogens with one attached hydrogen (secondary N) is 1. The fraction of sp³-hybridized carbons (Fsp3) is 0.120. The van der Waals surface area contributed by atoms with E-state index < -0.39 is 5.41 Å². The zero-order valence-corrected chi connectivity index (χ0v) is 16.3. The van der Waals surface area contributed by atoms with Gasteiger partial charge in [0, 0.05) is 23.0 Å². The van der Waals surface area contributed by atoms with Crippen LogP contribution < -0.4 is 4.74 Å². The van der Waals surface area contributed by atoms with Crippen LogP contribution in [0.4, 0.5) is 4.39 Å². The van der Waals surface area contributed by atoms with Crippen LogP contribution in [0.2, 0.25) is 0 Å². The molecule has 0 aliphatic heterocycles. The molecule has 0 spiro atoms. The Morgan fingerprint density at radius 3 is 2.14 bits per heavy atom. The molecule has 4 aromatic rings. The molecule has 1 heterocycles. The van der Waals surface area contributed by atoms with Gasteiger partial charge in [0.1, 0.15) is 17.3 Å². The van der Waals surface area contributed by atoms with Crippen molar-refractivity contribution in [3.63, 3.8) is 0 Å². The highest BCUT2D eigenvalue weighted by molar-refractivity contribution is 5.59. The van der Waals surface area contributed by atoms with Gasteiger partial charge < -0.3 is 14.8 Å². The zero-order valence-electron chi connectivity index (χ0n) is 16.3. The van der Waals surface area contributed by atoms with Crippen LogP contribution in [-0.4, -0.2) is 17.2 Å². The third-order valence-electron chi connectivity index (χ3n) is 5.32. The van der Waals surface area contributed by atoms with E-state index in [1.54, 1.807) is 24.3 Å². The molecule has 0 bridgehead atoms. The van der Waals surface area contributed by atoms with Gasteiger partial charge in [-0.05, 0) is 48.4 Å². The van der Waals surface area contributed by atoms with E-state index in [4.69, 9.17) is 4.74 Å². The summed E-state index contributed by atoms with van der Waals surface area (Å²) >= 11 is 0. The lowest BCUT2D eigenvalue weighted by Crippen LogP contribution is -2.32. The molecule has 1 unspecified atom stereocenters. The van der Waals surface area contributed by atoms with Crippen molar-refractivity contribution in [1.29, 1.82) is 0 Å². The van der Waals surface area contributed by atoms with E-state index in [2.05, 4.69) is 4.98 Å². The lowest BCUT2D eigenvalue weighted by Gasteiger charge is -2.35. The van der Waals surface area contributed by atoms with Crippen LogP contribution in [0.5, 0.6) is 11.5 Å². The molecular formula is C25H22FNO2. The van der Waals surface area contributed by atoms with Crippen molar-refractivity contribution in [2.45, 2.75) is 12.3 Å². The number of phenolic OH excluding ortho intramolecular Hbond substituents is 1. The Bertz CT molecular complexity index is 1120. The first-order chi connectivity index (χ1) is 14.1. The molecular weight excluding hydrogens is 365 g/mol. The monoisotopic (exact) mass is 387 g/mol. The first kappa shape index (κ1) is 18.8. The molecule has 0 saturated heterocycles. The van der Waals surface area contributed by atoms with E-state index >= 15 is 4.39 Å². The van der Waals surface area contributed by atoms with Crippen LogP contribution in [0, 0.1) is 12.7 Å². The number of aryl methyl sites for hydroxylation is 1. The number of methoxy groups -OCH3 is 1. The van der Waals surface area contributed by atoms with Crippen LogP contribution >= 0.6 is 0 Å². The number of aromatic nitrogens is 1. The van der Waals surface area contributed by atoms with Crippen molar-refractivity contribution in [3.8, 4) is 11.5 Å². The number of H-pyrrole nitrogens is 1. The van der Waals surface area contributed by atoms with Crippen molar-refractivity contribution in [1.82, 2.24) is 4.98 Å². The fourth-order valence-electron chi connectivity index (χ4n) is 3.98. The molecule has 1 aromatic heterocycles. The molecule has 3 nitrogen and oxygen atoms in total. The van der Waals surface area contributed by atoms with Gasteiger partial charge >= 0.3 is 0 Å². The molecule has 3 aromatic carbocycles. The number of aromatic hydroxyl groups is 1. The number of phenols is 1. The topological polar surface area (TPSA) is 45.2 Å². The van der Waals surface area contributed by atoms with Crippen molar-refractivity contribution in [2.75, 3.05) is 7.11 Å². The van der Waals surface area contributed by atoms with E-state index in [0.717, 1.165) is 22.5 Å². The minimum Gasteiger partial charge on any atom is -0.508 e. The van der Waals surface area contributed by atoms with E-state index in [1.807, 2.05) is 61.5 Å². The lowest BCUT2D eigenvalue weighted by molar-refractivity contribution is 0.410. The summed E-state index contributed by atoms with van der Waals surface area (Å²) in [5.41, 5.74) is 3.14. The van der Waals surface area contributed by atoms with E-state index in [9.17, 15) is 5.11 Å². The lowest BCUT2D eigenvalue weighted by atomic mass is 9.67. The number of ether oxygens (including phenoxy) is 1. The highest BCUT2D eigenvalue weighted by atomic mass is 19.1. The predicted octanol–water partition coefficient (Wildman–Crippen LogP) is 5.56. The molecule has 0 radical (unpaired) electrons. The average molecular weight is 387 g/mol. The standard InChI is InChI=1S/C25H22FNO2/c1-17-8-15-24(27-17)25(18-6-4-3-5-7-18,19-9-11-20(28)12-10-19)22-14-13-21(29-2)16-23(22)26/h3-16,27-28H,1-2H3. The molecule has 0 saturated carbocycles. The second-order valence-corrected chi connectivity index (χ2v) is 7.06. The van der Waals surface area contributed by atoms with Crippen molar-refractivity contribution in [2.24, 2.45) is 0 Å². The van der Waals surface area contributed by atoms with Gasteiger partial charge in [0.25, 0.3) is 0 Å². The summed E-state index contributed by atoms with van der Waals surface area (Å²) in [5, 5.41) is 9.86. The Kier molecular flexibility index (Phi) is 4.85. The molecule has 146 valence electrons. The van der Waals surface area contributed by atoms with Crippen LogP contribution in [-0.2, 0) is 5.41 Å². The number of benzene rings is 3. The van der Waals surface area contributed by atoms with E-state index in [0.29, 0.717) is 11.3 Å². The number of rotatable bonds is 5. The average Bonchev–Trinajstić information content (AvgIpc) is 3.18. The Morgan fingerprint density at radius 2 is 1.55 bits per heavy atom. The summed E-state index contributed by atoms with van der Waals surface area (Å²) in [6.45, 7) is 1.97. The Hall–Kier alpha value is -3.53. The third-order valence-corrected chi connectivity index (χ3v) is 5.32. The molecule has 0 aliphatic carbocycles. The Labute approximate surface area is 169 Å².